The molecule has 1 N–H and O–H groups in total. The van der Waals surface area contributed by atoms with Crippen LogP contribution in [0.15, 0.2) is 24.0 Å². The molecule has 2 heterocycles. The predicted molar refractivity (Wildman–Crippen MR) is 81.5 cm³/mol. The van der Waals surface area contributed by atoms with Gasteiger partial charge in [0.15, 0.2) is 5.78 Å². The third-order valence-corrected chi connectivity index (χ3v) is 4.61. The highest BCUT2D eigenvalue weighted by Crippen LogP contribution is 2.34. The highest BCUT2D eigenvalue weighted by molar-refractivity contribution is 6.09. The van der Waals surface area contributed by atoms with Crippen molar-refractivity contribution in [3.63, 3.8) is 0 Å². The van der Waals surface area contributed by atoms with Crippen molar-refractivity contribution in [2.75, 3.05) is 19.7 Å². The number of hydrogen-bond donors (Lipinski definition) is 1. The Labute approximate surface area is 129 Å². The van der Waals surface area contributed by atoms with E-state index in [0.29, 0.717) is 5.92 Å². The van der Waals surface area contributed by atoms with Crippen LogP contribution in [-0.2, 0) is 11.2 Å². The van der Waals surface area contributed by atoms with Crippen molar-refractivity contribution in [3.8, 4) is 6.07 Å². The van der Waals surface area contributed by atoms with Gasteiger partial charge < -0.3 is 10.0 Å². The predicted octanol–water partition coefficient (Wildman–Crippen LogP) is 1.54. The Hall–Kier alpha value is -2.19. The average Bonchev–Trinajstić information content (AvgIpc) is 2.55. The molecule has 0 amide bonds. The van der Waals surface area contributed by atoms with E-state index in [4.69, 9.17) is 5.11 Å². The number of Topliss-reactive ketones (excluding diaryl/α,β-unsaturated/α-hetero) is 1. The first kappa shape index (κ1) is 14.7. The molecule has 0 bridgehead atoms. The number of aromatic nitrogens is 1. The van der Waals surface area contributed by atoms with E-state index in [2.05, 4.69) is 16.0 Å². The van der Waals surface area contributed by atoms with E-state index in [1.54, 1.807) is 12.4 Å². The second kappa shape index (κ2) is 6.29. The van der Waals surface area contributed by atoms with Gasteiger partial charge in [-0.2, -0.15) is 5.26 Å². The molecule has 3 rings (SSSR count). The smallest absolute Gasteiger partial charge is 0.179 e. The largest absolute Gasteiger partial charge is 0.396 e. The highest BCUT2D eigenvalue weighted by Gasteiger charge is 2.31. The minimum atomic E-state index is -0.115. The second-order valence-electron chi connectivity index (χ2n) is 5.91. The third-order valence-electron chi connectivity index (χ3n) is 4.61. The number of nitriles is 1. The minimum Gasteiger partial charge on any atom is -0.396 e. The van der Waals surface area contributed by atoms with Gasteiger partial charge in [-0.1, -0.05) is 0 Å². The Balaban J connectivity index is 1.93. The molecule has 2 aliphatic rings. The normalized spacial score (nSPS) is 19.1. The quantitative estimate of drug-likeness (QED) is 0.915. The molecule has 1 aliphatic heterocycles. The fraction of sp³-hybridized carbons (Fsp3) is 0.471. The van der Waals surface area contributed by atoms with Gasteiger partial charge in [-0.25, -0.2) is 0 Å². The van der Waals surface area contributed by atoms with Gasteiger partial charge in [0.2, 0.25) is 0 Å². The van der Waals surface area contributed by atoms with Crippen LogP contribution in [0.5, 0.6) is 0 Å². The van der Waals surface area contributed by atoms with Gasteiger partial charge in [-0.05, 0) is 36.8 Å². The monoisotopic (exact) mass is 297 g/mol. The van der Waals surface area contributed by atoms with Crippen LogP contribution in [0.3, 0.4) is 0 Å². The minimum absolute atomic E-state index is 0.115. The number of aliphatic hydroxyl groups is 1. The number of aliphatic hydroxyl groups excluding tert-OH is 1. The van der Waals surface area contributed by atoms with Crippen LogP contribution in [0.4, 0.5) is 0 Å². The molecule has 0 radical (unpaired) electrons. The zero-order valence-electron chi connectivity index (χ0n) is 12.5. The van der Waals surface area contributed by atoms with E-state index < -0.39 is 0 Å². The fourth-order valence-corrected chi connectivity index (χ4v) is 3.40. The van der Waals surface area contributed by atoms with Gasteiger partial charge >= 0.3 is 0 Å². The number of piperidine rings is 1. The molecule has 22 heavy (non-hydrogen) atoms. The van der Waals surface area contributed by atoms with Gasteiger partial charge in [0, 0.05) is 44.1 Å². The van der Waals surface area contributed by atoms with Gasteiger partial charge in [0.05, 0.1) is 5.70 Å². The number of hydrogen-bond acceptors (Lipinski definition) is 5. The van der Waals surface area contributed by atoms with Crippen LogP contribution in [0, 0.1) is 17.2 Å². The van der Waals surface area contributed by atoms with Crippen LogP contribution >= 0.6 is 0 Å². The van der Waals surface area contributed by atoms with E-state index in [1.165, 1.54) is 0 Å². The summed E-state index contributed by atoms with van der Waals surface area (Å²) >= 11 is 0. The maximum absolute atomic E-state index is 12.2. The molecule has 0 spiro atoms. The van der Waals surface area contributed by atoms with Gasteiger partial charge in [-0.3, -0.25) is 9.78 Å². The maximum Gasteiger partial charge on any atom is 0.179 e. The summed E-state index contributed by atoms with van der Waals surface area (Å²) in [7, 11) is 0. The lowest BCUT2D eigenvalue weighted by molar-refractivity contribution is -0.114. The number of allylic oxidation sites excluding steroid dienone is 1. The first-order chi connectivity index (χ1) is 10.7. The Bertz CT molecular complexity index is 652. The number of carbonyl (C=O) groups excluding carboxylic acids is 1. The van der Waals surface area contributed by atoms with Crippen molar-refractivity contribution in [1.29, 1.82) is 5.26 Å². The number of pyridine rings is 1. The molecule has 5 heteroatoms. The Morgan fingerprint density at radius 2 is 2.18 bits per heavy atom. The van der Waals surface area contributed by atoms with E-state index in [0.717, 1.165) is 49.2 Å². The maximum atomic E-state index is 12.2. The molecule has 0 saturated carbocycles. The van der Waals surface area contributed by atoms with Crippen LogP contribution in [0.2, 0.25) is 0 Å². The molecule has 5 nitrogen and oxygen atoms in total. The van der Waals surface area contributed by atoms with Crippen molar-refractivity contribution < 1.29 is 9.90 Å². The Kier molecular flexibility index (Phi) is 4.21. The molecule has 1 aromatic rings. The summed E-state index contributed by atoms with van der Waals surface area (Å²) in [5.74, 6) is 0.416. The zero-order chi connectivity index (χ0) is 15.5. The standard InChI is InChI=1S/C17H19N3O2/c18-10-15-16(22)9-13-11-19-5-1-14(13)17(15)20-6-2-12(3-7-20)4-8-21/h1,5,11-12,21H,2-4,6-9H2. The van der Waals surface area contributed by atoms with Gasteiger partial charge in [-0.15, -0.1) is 0 Å². The number of likely N-dealkylation sites (tertiary alicyclic amines) is 1. The van der Waals surface area contributed by atoms with E-state index in [1.807, 2.05) is 6.07 Å². The van der Waals surface area contributed by atoms with Crippen molar-refractivity contribution in [1.82, 2.24) is 9.88 Å². The first-order valence-corrected chi connectivity index (χ1v) is 7.71. The summed E-state index contributed by atoms with van der Waals surface area (Å²) in [6, 6.07) is 4.00. The lowest BCUT2D eigenvalue weighted by Crippen LogP contribution is -2.35. The first-order valence-electron chi connectivity index (χ1n) is 7.71. The lowest BCUT2D eigenvalue weighted by atomic mass is 9.87. The summed E-state index contributed by atoms with van der Waals surface area (Å²) < 4.78 is 0. The van der Waals surface area contributed by atoms with Crippen molar-refractivity contribution in [2.24, 2.45) is 5.92 Å². The number of ketones is 1. The summed E-state index contributed by atoms with van der Waals surface area (Å²) in [4.78, 5) is 18.5. The van der Waals surface area contributed by atoms with Crippen molar-refractivity contribution in [3.05, 3.63) is 35.2 Å². The molecule has 0 unspecified atom stereocenters. The van der Waals surface area contributed by atoms with E-state index in [-0.39, 0.29) is 24.4 Å². The van der Waals surface area contributed by atoms with Crippen LogP contribution in [-0.4, -0.2) is 40.5 Å². The Morgan fingerprint density at radius 3 is 2.86 bits per heavy atom. The molecule has 0 atom stereocenters. The summed E-state index contributed by atoms with van der Waals surface area (Å²) in [6.07, 6.45) is 6.49. The fourth-order valence-electron chi connectivity index (χ4n) is 3.40. The second-order valence-corrected chi connectivity index (χ2v) is 5.91. The van der Waals surface area contributed by atoms with Crippen LogP contribution in [0.1, 0.15) is 30.4 Å². The van der Waals surface area contributed by atoms with Crippen molar-refractivity contribution in [2.45, 2.75) is 25.7 Å². The summed E-state index contributed by atoms with van der Waals surface area (Å²) in [5.41, 5.74) is 2.92. The number of fused-ring (bicyclic) bond motifs is 1. The third kappa shape index (κ3) is 2.62. The van der Waals surface area contributed by atoms with Crippen LogP contribution in [0.25, 0.3) is 5.70 Å². The number of carbonyl (C=O) groups is 1. The summed E-state index contributed by atoms with van der Waals surface area (Å²) in [5, 5.41) is 18.5. The number of rotatable bonds is 3. The highest BCUT2D eigenvalue weighted by atomic mass is 16.3. The van der Waals surface area contributed by atoms with Gasteiger partial charge in [0.1, 0.15) is 11.6 Å². The van der Waals surface area contributed by atoms with Crippen LogP contribution < -0.4 is 0 Å². The summed E-state index contributed by atoms with van der Waals surface area (Å²) in [6.45, 7) is 1.87. The molecule has 1 aromatic heterocycles. The number of nitrogens with zero attached hydrogens (tertiary/aromatic N) is 3. The zero-order valence-corrected chi connectivity index (χ0v) is 12.5. The van der Waals surface area contributed by atoms with Crippen molar-refractivity contribution >= 4 is 11.5 Å². The molecule has 1 aliphatic carbocycles. The average molecular weight is 297 g/mol. The molecule has 1 fully saturated rings. The molecule has 0 aromatic carbocycles. The molecular formula is C17H19N3O2. The molecule has 114 valence electrons. The lowest BCUT2D eigenvalue weighted by Gasteiger charge is -2.37. The van der Waals surface area contributed by atoms with E-state index >= 15 is 0 Å². The molecule has 1 saturated heterocycles. The molecular weight excluding hydrogens is 278 g/mol. The van der Waals surface area contributed by atoms with Gasteiger partial charge in [0.25, 0.3) is 0 Å². The topological polar surface area (TPSA) is 77.2 Å². The van der Waals surface area contributed by atoms with E-state index in [9.17, 15) is 10.1 Å². The Morgan fingerprint density at radius 1 is 1.41 bits per heavy atom. The SMILES string of the molecule is N#CC1=C(N2CCC(CCO)CC2)c2ccncc2CC1=O.